The minimum Gasteiger partial charge on any atom is -0.497 e. The maximum Gasteiger partial charge on any atom is 0.163 e. The normalized spacial score (nSPS) is 11.7. The molecule has 2 aromatic heterocycles. The van der Waals surface area contributed by atoms with Gasteiger partial charge in [-0.15, -0.1) is 0 Å². The number of benzene rings is 1. The Labute approximate surface area is 158 Å². The highest BCUT2D eigenvalue weighted by molar-refractivity contribution is 5.56. The van der Waals surface area contributed by atoms with E-state index in [2.05, 4.69) is 20.3 Å². The van der Waals surface area contributed by atoms with Crippen LogP contribution in [0.1, 0.15) is 17.4 Å². The summed E-state index contributed by atoms with van der Waals surface area (Å²) >= 11 is 0. The molecule has 1 unspecified atom stereocenters. The molecule has 0 spiro atoms. The van der Waals surface area contributed by atoms with Crippen LogP contribution in [0.25, 0.3) is 11.4 Å². The topological polar surface area (TPSA) is 89.4 Å². The SMILES string of the molecule is COc1cc(OC)cc(C(O)CNc2cc(C)nc(-c3cccnc3)n2)c1. The second kappa shape index (κ2) is 8.46. The Morgan fingerprint density at radius 2 is 1.81 bits per heavy atom. The zero-order valence-electron chi connectivity index (χ0n) is 15.5. The van der Waals surface area contributed by atoms with Crippen LogP contribution in [0.5, 0.6) is 11.5 Å². The third kappa shape index (κ3) is 4.71. The molecule has 0 aliphatic rings. The molecule has 1 atom stereocenters. The number of aliphatic hydroxyl groups excluding tert-OH is 1. The van der Waals surface area contributed by atoms with Crippen LogP contribution >= 0.6 is 0 Å². The van der Waals surface area contributed by atoms with Crippen LogP contribution in [0.3, 0.4) is 0 Å². The monoisotopic (exact) mass is 366 g/mol. The van der Waals surface area contributed by atoms with E-state index >= 15 is 0 Å². The van der Waals surface area contributed by atoms with E-state index in [1.54, 1.807) is 44.8 Å². The highest BCUT2D eigenvalue weighted by Gasteiger charge is 2.12. The molecule has 0 saturated carbocycles. The quantitative estimate of drug-likeness (QED) is 0.664. The summed E-state index contributed by atoms with van der Waals surface area (Å²) in [6.07, 6.45) is 2.67. The molecule has 7 heteroatoms. The Morgan fingerprint density at radius 1 is 1.07 bits per heavy atom. The van der Waals surface area contributed by atoms with Crippen LogP contribution in [0.4, 0.5) is 5.82 Å². The van der Waals surface area contributed by atoms with Gasteiger partial charge in [0.25, 0.3) is 0 Å². The zero-order valence-corrected chi connectivity index (χ0v) is 15.5. The van der Waals surface area contributed by atoms with E-state index in [4.69, 9.17) is 9.47 Å². The van der Waals surface area contributed by atoms with Crippen LogP contribution in [-0.2, 0) is 0 Å². The van der Waals surface area contributed by atoms with Crippen molar-refractivity contribution in [1.29, 1.82) is 0 Å². The van der Waals surface area contributed by atoms with Crippen LogP contribution < -0.4 is 14.8 Å². The molecule has 1 aromatic carbocycles. The first-order valence-electron chi connectivity index (χ1n) is 8.50. The van der Waals surface area contributed by atoms with Crippen molar-refractivity contribution in [2.45, 2.75) is 13.0 Å². The maximum absolute atomic E-state index is 10.6. The summed E-state index contributed by atoms with van der Waals surface area (Å²) < 4.78 is 10.5. The molecule has 0 radical (unpaired) electrons. The molecule has 0 amide bonds. The molecular formula is C20H22N4O3. The first kappa shape index (κ1) is 18.6. The van der Waals surface area contributed by atoms with E-state index in [9.17, 15) is 5.11 Å². The highest BCUT2D eigenvalue weighted by atomic mass is 16.5. The first-order valence-corrected chi connectivity index (χ1v) is 8.50. The summed E-state index contributed by atoms with van der Waals surface area (Å²) in [5, 5.41) is 13.7. The van der Waals surface area contributed by atoms with Gasteiger partial charge in [0.1, 0.15) is 17.3 Å². The van der Waals surface area contributed by atoms with E-state index < -0.39 is 6.10 Å². The third-order valence-corrected chi connectivity index (χ3v) is 4.01. The van der Waals surface area contributed by atoms with Gasteiger partial charge in [-0.1, -0.05) is 0 Å². The number of aliphatic hydroxyl groups is 1. The molecule has 2 N–H and O–H groups in total. The second-order valence-electron chi connectivity index (χ2n) is 6.00. The molecule has 0 aliphatic carbocycles. The Morgan fingerprint density at radius 3 is 2.44 bits per heavy atom. The van der Waals surface area contributed by atoms with E-state index in [1.807, 2.05) is 25.1 Å². The lowest BCUT2D eigenvalue weighted by Crippen LogP contribution is -2.14. The lowest BCUT2D eigenvalue weighted by Gasteiger charge is -2.15. The van der Waals surface area contributed by atoms with Crippen LogP contribution in [0.2, 0.25) is 0 Å². The van der Waals surface area contributed by atoms with E-state index in [1.165, 1.54) is 0 Å². The van der Waals surface area contributed by atoms with Crippen molar-refractivity contribution < 1.29 is 14.6 Å². The molecule has 27 heavy (non-hydrogen) atoms. The van der Waals surface area contributed by atoms with Gasteiger partial charge in [0, 0.05) is 42.3 Å². The average Bonchev–Trinajstić information content (AvgIpc) is 2.71. The number of anilines is 1. The smallest absolute Gasteiger partial charge is 0.163 e. The number of rotatable bonds is 7. The van der Waals surface area contributed by atoms with Gasteiger partial charge in [-0.3, -0.25) is 4.98 Å². The number of nitrogens with zero attached hydrogens (tertiary/aromatic N) is 3. The number of hydrogen-bond donors (Lipinski definition) is 2. The fourth-order valence-electron chi connectivity index (χ4n) is 2.62. The molecule has 3 rings (SSSR count). The average molecular weight is 366 g/mol. The summed E-state index contributed by atoms with van der Waals surface area (Å²) in [6.45, 7) is 2.18. The lowest BCUT2D eigenvalue weighted by molar-refractivity contribution is 0.190. The van der Waals surface area contributed by atoms with Gasteiger partial charge in [0.15, 0.2) is 5.82 Å². The number of aryl methyl sites for hydroxylation is 1. The van der Waals surface area contributed by atoms with Crippen molar-refractivity contribution in [3.63, 3.8) is 0 Å². The predicted molar refractivity (Wildman–Crippen MR) is 103 cm³/mol. The van der Waals surface area contributed by atoms with E-state index in [0.29, 0.717) is 28.7 Å². The summed E-state index contributed by atoms with van der Waals surface area (Å²) in [4.78, 5) is 13.1. The van der Waals surface area contributed by atoms with Crippen molar-refractivity contribution in [2.24, 2.45) is 0 Å². The number of nitrogens with one attached hydrogen (secondary N) is 1. The molecular weight excluding hydrogens is 344 g/mol. The highest BCUT2D eigenvalue weighted by Crippen LogP contribution is 2.27. The fraction of sp³-hybridized carbons (Fsp3) is 0.250. The van der Waals surface area contributed by atoms with Gasteiger partial charge < -0.3 is 19.9 Å². The Balaban J connectivity index is 1.76. The summed E-state index contributed by atoms with van der Waals surface area (Å²) in [5.41, 5.74) is 2.35. The van der Waals surface area contributed by atoms with Crippen molar-refractivity contribution in [3.05, 3.63) is 60.0 Å². The van der Waals surface area contributed by atoms with Crippen LogP contribution in [0.15, 0.2) is 48.8 Å². The molecule has 0 bridgehead atoms. The molecule has 7 nitrogen and oxygen atoms in total. The minimum atomic E-state index is -0.758. The number of hydrogen-bond acceptors (Lipinski definition) is 7. The lowest BCUT2D eigenvalue weighted by atomic mass is 10.1. The van der Waals surface area contributed by atoms with Crippen LogP contribution in [0, 0.1) is 6.92 Å². The molecule has 0 saturated heterocycles. The van der Waals surface area contributed by atoms with Gasteiger partial charge in [0.2, 0.25) is 0 Å². The summed E-state index contributed by atoms with van der Waals surface area (Å²) in [6, 6.07) is 10.9. The maximum atomic E-state index is 10.6. The predicted octanol–water partition coefficient (Wildman–Crippen LogP) is 3.01. The minimum absolute atomic E-state index is 0.277. The van der Waals surface area contributed by atoms with Gasteiger partial charge in [0.05, 0.1) is 20.3 Å². The largest absolute Gasteiger partial charge is 0.497 e. The third-order valence-electron chi connectivity index (χ3n) is 4.01. The van der Waals surface area contributed by atoms with E-state index in [0.717, 1.165) is 11.3 Å². The Bertz CT molecular complexity index is 881. The molecule has 2 heterocycles. The number of ether oxygens (including phenoxy) is 2. The Hall–Kier alpha value is -3.19. The fourth-order valence-corrected chi connectivity index (χ4v) is 2.62. The molecule has 0 fully saturated rings. The number of aromatic nitrogens is 3. The van der Waals surface area contributed by atoms with E-state index in [-0.39, 0.29) is 6.54 Å². The summed E-state index contributed by atoms with van der Waals surface area (Å²) in [7, 11) is 3.15. The van der Waals surface area contributed by atoms with Crippen molar-refractivity contribution in [2.75, 3.05) is 26.1 Å². The molecule has 0 aliphatic heterocycles. The number of methoxy groups -OCH3 is 2. The van der Waals surface area contributed by atoms with Crippen molar-refractivity contribution >= 4 is 5.82 Å². The van der Waals surface area contributed by atoms with Gasteiger partial charge >= 0.3 is 0 Å². The number of pyridine rings is 1. The van der Waals surface area contributed by atoms with Crippen molar-refractivity contribution in [3.8, 4) is 22.9 Å². The van der Waals surface area contributed by atoms with Gasteiger partial charge in [-0.25, -0.2) is 9.97 Å². The van der Waals surface area contributed by atoms with Crippen molar-refractivity contribution in [1.82, 2.24) is 15.0 Å². The second-order valence-corrected chi connectivity index (χ2v) is 6.00. The summed E-state index contributed by atoms with van der Waals surface area (Å²) in [5.74, 6) is 2.47. The van der Waals surface area contributed by atoms with Gasteiger partial charge in [-0.05, 0) is 36.8 Å². The Kier molecular flexibility index (Phi) is 5.83. The zero-order chi connectivity index (χ0) is 19.2. The molecule has 140 valence electrons. The standard InChI is InChI=1S/C20H22N4O3/c1-13-7-19(24-20(23-13)14-5-4-6-21-11-14)22-12-18(25)15-8-16(26-2)10-17(9-15)27-3/h4-11,18,25H,12H2,1-3H3,(H,22,23,24). The molecule has 3 aromatic rings. The first-order chi connectivity index (χ1) is 13.1. The van der Waals surface area contributed by atoms with Gasteiger partial charge in [-0.2, -0.15) is 0 Å². The van der Waals surface area contributed by atoms with Crippen LogP contribution in [-0.4, -0.2) is 40.8 Å².